The van der Waals surface area contributed by atoms with Gasteiger partial charge < -0.3 is 13.7 Å². The summed E-state index contributed by atoms with van der Waals surface area (Å²) in [6.45, 7) is 6.55. The summed E-state index contributed by atoms with van der Waals surface area (Å²) in [7, 11) is -5.86. The van der Waals surface area contributed by atoms with Crippen LogP contribution in [0.5, 0.6) is 5.75 Å². The van der Waals surface area contributed by atoms with Crippen molar-refractivity contribution in [3.8, 4) is 5.75 Å². The minimum Gasteiger partial charge on any atom is -0.454 e. The van der Waals surface area contributed by atoms with Crippen molar-refractivity contribution in [2.75, 3.05) is 0 Å². The normalized spacial score (nSPS) is 17.9. The number of hydrogen-bond acceptors (Lipinski definition) is 6. The quantitative estimate of drug-likeness (QED) is 0.429. The van der Waals surface area contributed by atoms with E-state index in [0.717, 1.165) is 6.08 Å². The van der Waals surface area contributed by atoms with Crippen LogP contribution in [-0.2, 0) is 23.8 Å². The van der Waals surface area contributed by atoms with E-state index in [2.05, 4.69) is 4.18 Å². The molecule has 1 unspecified atom stereocenters. The van der Waals surface area contributed by atoms with Gasteiger partial charge in [-0.15, -0.1) is 0 Å². The molecular formula is C17H19F3O6S. The molecule has 1 heterocycles. The van der Waals surface area contributed by atoms with E-state index in [9.17, 15) is 26.4 Å². The van der Waals surface area contributed by atoms with Crippen LogP contribution in [0.2, 0.25) is 0 Å². The number of rotatable bonds is 3. The van der Waals surface area contributed by atoms with Gasteiger partial charge in [0.05, 0.1) is 11.0 Å². The second kappa shape index (κ2) is 7.06. The highest BCUT2D eigenvalue weighted by atomic mass is 32.2. The summed E-state index contributed by atoms with van der Waals surface area (Å²) in [5.74, 6) is -1.09. The monoisotopic (exact) mass is 408 g/mol. The number of aryl methyl sites for hydroxylation is 1. The van der Waals surface area contributed by atoms with Crippen LogP contribution < -0.4 is 4.74 Å². The van der Waals surface area contributed by atoms with Crippen LogP contribution in [-0.4, -0.2) is 26.2 Å². The van der Waals surface area contributed by atoms with Gasteiger partial charge >= 0.3 is 21.6 Å². The van der Waals surface area contributed by atoms with Gasteiger partial charge in [-0.1, -0.05) is 11.6 Å². The van der Waals surface area contributed by atoms with E-state index >= 15 is 0 Å². The lowest BCUT2D eigenvalue weighted by Gasteiger charge is -2.22. The molecule has 0 N–H and O–H groups in total. The molecule has 0 saturated heterocycles. The van der Waals surface area contributed by atoms with Gasteiger partial charge in [-0.3, -0.25) is 4.79 Å². The summed E-state index contributed by atoms with van der Waals surface area (Å²) in [6, 6.07) is 4.47. The van der Waals surface area contributed by atoms with Crippen LogP contribution in [0.4, 0.5) is 13.2 Å². The Balaban J connectivity index is 2.40. The third kappa shape index (κ3) is 4.94. The Labute approximate surface area is 155 Å². The van der Waals surface area contributed by atoms with E-state index in [1.54, 1.807) is 33.8 Å². The van der Waals surface area contributed by atoms with Gasteiger partial charge in [0, 0.05) is 6.42 Å². The molecule has 6 nitrogen and oxygen atoms in total. The first-order valence-electron chi connectivity index (χ1n) is 7.90. The second-order valence-electron chi connectivity index (χ2n) is 6.99. The van der Waals surface area contributed by atoms with Crippen molar-refractivity contribution in [2.45, 2.75) is 45.9 Å². The fourth-order valence-electron chi connectivity index (χ4n) is 2.05. The van der Waals surface area contributed by atoms with Crippen LogP contribution in [0.1, 0.15) is 38.3 Å². The Morgan fingerprint density at radius 3 is 2.41 bits per heavy atom. The van der Waals surface area contributed by atoms with Crippen molar-refractivity contribution in [1.82, 2.24) is 0 Å². The molecule has 1 aliphatic heterocycles. The maximum atomic E-state index is 12.7. The number of benzene rings is 1. The Morgan fingerprint density at radius 1 is 1.22 bits per heavy atom. The van der Waals surface area contributed by atoms with Crippen LogP contribution in [0.25, 0.3) is 5.76 Å². The number of esters is 1. The summed E-state index contributed by atoms with van der Waals surface area (Å²) < 4.78 is 76.0. The molecule has 10 heteroatoms. The van der Waals surface area contributed by atoms with Gasteiger partial charge in [0.1, 0.15) is 11.5 Å². The number of halogens is 3. The van der Waals surface area contributed by atoms with Crippen molar-refractivity contribution in [3.63, 3.8) is 0 Å². The predicted molar refractivity (Wildman–Crippen MR) is 89.8 cm³/mol. The summed E-state index contributed by atoms with van der Waals surface area (Å²) in [5, 5.41) is 0. The Hall–Kier alpha value is -2.23. The van der Waals surface area contributed by atoms with Gasteiger partial charge in [-0.05, 0) is 45.9 Å². The molecule has 2 rings (SSSR count). The molecule has 0 aromatic heterocycles. The number of carbonyl (C=O) groups excluding carboxylic acids is 1. The molecule has 1 aromatic carbocycles. The van der Waals surface area contributed by atoms with Gasteiger partial charge in [0.25, 0.3) is 0 Å². The standard InChI is InChI=1S/C17H19F3O6S/c1-10-5-6-12-11(9-10)13(26-27(22,23)17(18,19)20)7-8-14(24-12)25-15(21)16(2,3)4/h5-7,9,14H,8H2,1-4H3. The Morgan fingerprint density at radius 2 is 1.85 bits per heavy atom. The maximum absolute atomic E-state index is 12.7. The second-order valence-corrected chi connectivity index (χ2v) is 8.53. The maximum Gasteiger partial charge on any atom is 0.534 e. The Bertz CT molecular complexity index is 866. The molecule has 0 amide bonds. The SMILES string of the molecule is Cc1ccc2c(c1)C(OS(=O)(=O)C(F)(F)F)=CCC(OC(=O)C(C)(C)C)O2. The fourth-order valence-corrected chi connectivity index (χ4v) is 2.54. The molecule has 150 valence electrons. The average molecular weight is 408 g/mol. The third-order valence-electron chi connectivity index (χ3n) is 3.49. The smallest absolute Gasteiger partial charge is 0.454 e. The zero-order valence-electron chi connectivity index (χ0n) is 15.1. The van der Waals surface area contributed by atoms with E-state index in [1.807, 2.05) is 0 Å². The van der Waals surface area contributed by atoms with E-state index < -0.39 is 39.1 Å². The Kier molecular flexibility index (Phi) is 5.51. The highest BCUT2D eigenvalue weighted by Crippen LogP contribution is 2.37. The molecule has 1 aliphatic rings. The fraction of sp³-hybridized carbons (Fsp3) is 0.471. The van der Waals surface area contributed by atoms with E-state index in [4.69, 9.17) is 9.47 Å². The molecular weight excluding hydrogens is 389 g/mol. The van der Waals surface area contributed by atoms with Gasteiger partial charge in [-0.25, -0.2) is 0 Å². The molecule has 0 radical (unpaired) electrons. The highest BCUT2D eigenvalue weighted by molar-refractivity contribution is 7.87. The zero-order chi connectivity index (χ0) is 20.6. The van der Waals surface area contributed by atoms with E-state index in [0.29, 0.717) is 5.56 Å². The summed E-state index contributed by atoms with van der Waals surface area (Å²) in [4.78, 5) is 12.1. The molecule has 0 spiro atoms. The van der Waals surface area contributed by atoms with Crippen molar-refractivity contribution < 1.29 is 40.0 Å². The minimum absolute atomic E-state index is 0.0112. The lowest BCUT2D eigenvalue weighted by molar-refractivity contribution is -0.172. The summed E-state index contributed by atoms with van der Waals surface area (Å²) in [5.41, 5.74) is -5.75. The topological polar surface area (TPSA) is 78.9 Å². The number of carbonyl (C=O) groups is 1. The molecule has 0 saturated carbocycles. The van der Waals surface area contributed by atoms with Gasteiger partial charge in [0.15, 0.2) is 0 Å². The third-order valence-corrected chi connectivity index (χ3v) is 4.45. The number of hydrogen-bond donors (Lipinski definition) is 0. The largest absolute Gasteiger partial charge is 0.534 e. The first kappa shape index (κ1) is 21.1. The van der Waals surface area contributed by atoms with Crippen molar-refractivity contribution in [2.24, 2.45) is 5.41 Å². The minimum atomic E-state index is -5.86. The number of ether oxygens (including phenoxy) is 2. The van der Waals surface area contributed by atoms with Crippen molar-refractivity contribution in [3.05, 3.63) is 35.4 Å². The predicted octanol–water partition coefficient (Wildman–Crippen LogP) is 3.90. The lowest BCUT2D eigenvalue weighted by atomic mass is 9.97. The lowest BCUT2D eigenvalue weighted by Crippen LogP contribution is -2.31. The number of fused-ring (bicyclic) bond motifs is 1. The zero-order valence-corrected chi connectivity index (χ0v) is 15.9. The first-order chi connectivity index (χ1) is 12.2. The van der Waals surface area contributed by atoms with E-state index in [-0.39, 0.29) is 17.7 Å². The first-order valence-corrected chi connectivity index (χ1v) is 9.31. The van der Waals surface area contributed by atoms with Crippen molar-refractivity contribution >= 4 is 21.8 Å². The molecule has 1 atom stereocenters. The van der Waals surface area contributed by atoms with Gasteiger partial charge in [-0.2, -0.15) is 21.6 Å². The highest BCUT2D eigenvalue weighted by Gasteiger charge is 2.49. The summed E-state index contributed by atoms with van der Waals surface area (Å²) >= 11 is 0. The van der Waals surface area contributed by atoms with Crippen LogP contribution in [0.3, 0.4) is 0 Å². The molecule has 1 aromatic rings. The van der Waals surface area contributed by atoms with Crippen LogP contribution >= 0.6 is 0 Å². The van der Waals surface area contributed by atoms with Crippen LogP contribution in [0, 0.1) is 12.3 Å². The van der Waals surface area contributed by atoms with Gasteiger partial charge in [0.2, 0.25) is 6.29 Å². The number of alkyl halides is 3. The molecule has 0 aliphatic carbocycles. The summed E-state index contributed by atoms with van der Waals surface area (Å²) in [6.07, 6.45) is -0.249. The molecule has 27 heavy (non-hydrogen) atoms. The average Bonchev–Trinajstić information content (AvgIpc) is 2.65. The molecule has 0 fully saturated rings. The van der Waals surface area contributed by atoms with Crippen LogP contribution in [0.15, 0.2) is 24.3 Å². The van der Waals surface area contributed by atoms with E-state index in [1.165, 1.54) is 12.1 Å². The molecule has 0 bridgehead atoms. The van der Waals surface area contributed by atoms with Crippen molar-refractivity contribution in [1.29, 1.82) is 0 Å².